The van der Waals surface area contributed by atoms with Crippen LogP contribution in [-0.2, 0) is 11.2 Å². The van der Waals surface area contributed by atoms with Crippen molar-refractivity contribution in [1.29, 1.82) is 0 Å². The van der Waals surface area contributed by atoms with Crippen LogP contribution in [-0.4, -0.2) is 24.5 Å². The molecule has 4 nitrogen and oxygen atoms in total. The lowest BCUT2D eigenvalue weighted by Gasteiger charge is -2.20. The van der Waals surface area contributed by atoms with E-state index in [1.165, 1.54) is 10.9 Å². The van der Waals surface area contributed by atoms with Gasteiger partial charge in [-0.3, -0.25) is 4.79 Å². The van der Waals surface area contributed by atoms with Crippen molar-refractivity contribution in [3.05, 3.63) is 65.4 Å². The lowest BCUT2D eigenvalue weighted by atomic mass is 9.87. The number of para-hydroxylation sites is 2. The summed E-state index contributed by atoms with van der Waals surface area (Å²) in [6, 6.07) is 14.3. The maximum Gasteiger partial charge on any atom is 0.220 e. The minimum atomic E-state index is -0.0705. The molecule has 142 valence electrons. The smallest absolute Gasteiger partial charge is 0.220 e. The fourth-order valence-electron chi connectivity index (χ4n) is 3.69. The molecule has 1 heterocycles. The SMILES string of the molecule is CCCNC(=O)C[C@H](c1ccccc1OC)c1c[nH]c2c(CC)cccc12. The van der Waals surface area contributed by atoms with Crippen LogP contribution in [0.15, 0.2) is 48.7 Å². The number of fused-ring (bicyclic) bond motifs is 1. The van der Waals surface area contributed by atoms with Crippen LogP contribution in [0.1, 0.15) is 49.3 Å². The Morgan fingerprint density at radius 1 is 1.11 bits per heavy atom. The molecule has 0 saturated heterocycles. The molecule has 1 aromatic heterocycles. The van der Waals surface area contributed by atoms with Crippen LogP contribution in [0.4, 0.5) is 0 Å². The number of aromatic nitrogens is 1. The molecule has 0 aliphatic rings. The molecule has 0 aliphatic heterocycles. The fourth-order valence-corrected chi connectivity index (χ4v) is 3.69. The number of hydrogen-bond donors (Lipinski definition) is 2. The van der Waals surface area contributed by atoms with Gasteiger partial charge in [-0.1, -0.05) is 50.2 Å². The van der Waals surface area contributed by atoms with E-state index in [9.17, 15) is 4.79 Å². The van der Waals surface area contributed by atoms with Gasteiger partial charge in [0.25, 0.3) is 0 Å². The van der Waals surface area contributed by atoms with E-state index in [1.807, 2.05) is 24.4 Å². The Labute approximate surface area is 160 Å². The monoisotopic (exact) mass is 364 g/mol. The highest BCUT2D eigenvalue weighted by molar-refractivity contribution is 5.88. The summed E-state index contributed by atoms with van der Waals surface area (Å²) in [5.74, 6) is 0.805. The molecular formula is C23H28N2O2. The molecule has 3 rings (SSSR count). The third kappa shape index (κ3) is 4.00. The second kappa shape index (κ2) is 8.76. The van der Waals surface area contributed by atoms with Gasteiger partial charge in [-0.25, -0.2) is 0 Å². The zero-order valence-corrected chi connectivity index (χ0v) is 16.3. The summed E-state index contributed by atoms with van der Waals surface area (Å²) >= 11 is 0. The molecule has 0 fully saturated rings. The van der Waals surface area contributed by atoms with Crippen molar-refractivity contribution in [2.24, 2.45) is 0 Å². The Balaban J connectivity index is 2.08. The van der Waals surface area contributed by atoms with E-state index in [2.05, 4.69) is 48.4 Å². The molecule has 0 spiro atoms. The van der Waals surface area contributed by atoms with Crippen molar-refractivity contribution in [3.8, 4) is 5.75 Å². The van der Waals surface area contributed by atoms with Crippen molar-refractivity contribution >= 4 is 16.8 Å². The van der Waals surface area contributed by atoms with E-state index in [0.29, 0.717) is 13.0 Å². The molecule has 2 N–H and O–H groups in total. The van der Waals surface area contributed by atoms with Gasteiger partial charge in [0.2, 0.25) is 5.91 Å². The zero-order chi connectivity index (χ0) is 19.2. The summed E-state index contributed by atoms with van der Waals surface area (Å²) in [7, 11) is 1.68. The Morgan fingerprint density at radius 2 is 1.93 bits per heavy atom. The number of ether oxygens (including phenoxy) is 1. The Hall–Kier alpha value is -2.75. The first kappa shape index (κ1) is 19.0. The van der Waals surface area contributed by atoms with Gasteiger partial charge >= 0.3 is 0 Å². The van der Waals surface area contributed by atoms with E-state index < -0.39 is 0 Å². The van der Waals surface area contributed by atoms with Gasteiger partial charge in [-0.05, 0) is 30.0 Å². The van der Waals surface area contributed by atoms with E-state index in [1.54, 1.807) is 7.11 Å². The highest BCUT2D eigenvalue weighted by Gasteiger charge is 2.24. The van der Waals surface area contributed by atoms with E-state index in [-0.39, 0.29) is 11.8 Å². The van der Waals surface area contributed by atoms with E-state index >= 15 is 0 Å². The number of aromatic amines is 1. The molecule has 0 bridgehead atoms. The van der Waals surface area contributed by atoms with Crippen molar-refractivity contribution in [2.75, 3.05) is 13.7 Å². The Bertz CT molecular complexity index is 914. The van der Waals surface area contributed by atoms with Crippen LogP contribution in [0.5, 0.6) is 5.75 Å². The minimum Gasteiger partial charge on any atom is -0.496 e. The number of nitrogens with one attached hydrogen (secondary N) is 2. The Kier molecular flexibility index (Phi) is 6.17. The quantitative estimate of drug-likeness (QED) is 0.604. The van der Waals surface area contributed by atoms with E-state index in [4.69, 9.17) is 4.74 Å². The average Bonchev–Trinajstić information content (AvgIpc) is 3.14. The third-order valence-electron chi connectivity index (χ3n) is 5.07. The zero-order valence-electron chi connectivity index (χ0n) is 16.3. The number of rotatable bonds is 8. The van der Waals surface area contributed by atoms with Crippen molar-refractivity contribution in [3.63, 3.8) is 0 Å². The molecule has 4 heteroatoms. The predicted octanol–water partition coefficient (Wildman–Crippen LogP) is 4.79. The molecular weight excluding hydrogens is 336 g/mol. The normalized spacial score (nSPS) is 12.1. The second-order valence-electron chi connectivity index (χ2n) is 6.79. The largest absolute Gasteiger partial charge is 0.496 e. The number of H-pyrrole nitrogens is 1. The minimum absolute atomic E-state index is 0.0637. The number of amides is 1. The first-order chi connectivity index (χ1) is 13.2. The van der Waals surface area contributed by atoms with Gasteiger partial charge in [0.05, 0.1) is 7.11 Å². The van der Waals surface area contributed by atoms with Crippen molar-refractivity contribution in [2.45, 2.75) is 39.0 Å². The van der Waals surface area contributed by atoms with Gasteiger partial charge in [-0.15, -0.1) is 0 Å². The molecule has 0 radical (unpaired) electrons. The molecule has 0 saturated carbocycles. The first-order valence-electron chi connectivity index (χ1n) is 9.68. The number of benzene rings is 2. The van der Waals surface area contributed by atoms with E-state index in [0.717, 1.165) is 35.2 Å². The number of carbonyl (C=O) groups is 1. The van der Waals surface area contributed by atoms with Gasteiger partial charge in [0.1, 0.15) is 5.75 Å². The summed E-state index contributed by atoms with van der Waals surface area (Å²) in [6.45, 7) is 4.92. The first-order valence-corrected chi connectivity index (χ1v) is 9.68. The molecule has 0 unspecified atom stereocenters. The lowest BCUT2D eigenvalue weighted by Crippen LogP contribution is -2.26. The number of aryl methyl sites for hydroxylation is 1. The van der Waals surface area contributed by atoms with Crippen LogP contribution in [0.25, 0.3) is 10.9 Å². The van der Waals surface area contributed by atoms with Crippen LogP contribution in [0, 0.1) is 0 Å². The standard InChI is InChI=1S/C23H28N2O2/c1-4-13-24-22(26)14-19(17-10-6-7-12-21(17)27-3)20-15-25-23-16(5-2)9-8-11-18(20)23/h6-12,15,19,25H,4-5,13-14H2,1-3H3,(H,24,26)/t19-/m1/s1. The van der Waals surface area contributed by atoms with Crippen LogP contribution >= 0.6 is 0 Å². The Morgan fingerprint density at radius 3 is 2.67 bits per heavy atom. The highest BCUT2D eigenvalue weighted by Crippen LogP contribution is 2.38. The summed E-state index contributed by atoms with van der Waals surface area (Å²) in [6.07, 6.45) is 4.34. The van der Waals surface area contributed by atoms with Gasteiger partial charge < -0.3 is 15.0 Å². The maximum atomic E-state index is 12.6. The average molecular weight is 364 g/mol. The highest BCUT2D eigenvalue weighted by atomic mass is 16.5. The molecule has 1 amide bonds. The molecule has 3 aromatic rings. The van der Waals surface area contributed by atoms with Crippen molar-refractivity contribution < 1.29 is 9.53 Å². The number of carbonyl (C=O) groups excluding carboxylic acids is 1. The predicted molar refractivity (Wildman–Crippen MR) is 110 cm³/mol. The summed E-state index contributed by atoms with van der Waals surface area (Å²) in [5, 5.41) is 4.19. The lowest BCUT2D eigenvalue weighted by molar-refractivity contribution is -0.121. The van der Waals surface area contributed by atoms with Crippen LogP contribution < -0.4 is 10.1 Å². The van der Waals surface area contributed by atoms with Gasteiger partial charge in [0, 0.05) is 41.5 Å². The molecule has 27 heavy (non-hydrogen) atoms. The molecule has 2 aromatic carbocycles. The summed E-state index contributed by atoms with van der Waals surface area (Å²) < 4.78 is 5.60. The summed E-state index contributed by atoms with van der Waals surface area (Å²) in [4.78, 5) is 16.0. The van der Waals surface area contributed by atoms with Gasteiger partial charge in [-0.2, -0.15) is 0 Å². The molecule has 0 aliphatic carbocycles. The van der Waals surface area contributed by atoms with Crippen molar-refractivity contribution in [1.82, 2.24) is 10.3 Å². The summed E-state index contributed by atoms with van der Waals surface area (Å²) in [5.41, 5.74) is 4.61. The maximum absolute atomic E-state index is 12.6. The fraction of sp³-hybridized carbons (Fsp3) is 0.348. The van der Waals surface area contributed by atoms with Crippen LogP contribution in [0.2, 0.25) is 0 Å². The number of methoxy groups -OCH3 is 1. The molecule has 1 atom stereocenters. The number of hydrogen-bond acceptors (Lipinski definition) is 2. The second-order valence-corrected chi connectivity index (χ2v) is 6.79. The van der Waals surface area contributed by atoms with Crippen LogP contribution in [0.3, 0.4) is 0 Å². The van der Waals surface area contributed by atoms with Gasteiger partial charge in [0.15, 0.2) is 0 Å². The third-order valence-corrected chi connectivity index (χ3v) is 5.07. The topological polar surface area (TPSA) is 54.1 Å².